The fourth-order valence-electron chi connectivity index (χ4n) is 1.40. The Hall–Kier alpha value is -1.50. The van der Waals surface area contributed by atoms with E-state index >= 15 is 0 Å². The molecule has 1 rings (SSSR count). The van der Waals surface area contributed by atoms with Gasteiger partial charge in [0.25, 0.3) is 0 Å². The Morgan fingerprint density at radius 2 is 2.33 bits per heavy atom. The minimum atomic E-state index is -1.05. The van der Waals surface area contributed by atoms with Crippen molar-refractivity contribution in [2.24, 2.45) is 5.92 Å². The Morgan fingerprint density at radius 1 is 1.61 bits per heavy atom. The molecule has 1 unspecified atom stereocenters. The highest BCUT2D eigenvalue weighted by molar-refractivity contribution is 7.98. The van der Waals surface area contributed by atoms with Crippen LogP contribution in [0, 0.1) is 5.92 Å². The maximum Gasteiger partial charge on any atom is 0.356 e. The number of hydrogen-bond acceptors (Lipinski definition) is 4. The Labute approximate surface area is 110 Å². The van der Waals surface area contributed by atoms with Gasteiger partial charge in [-0.15, -0.1) is 0 Å². The van der Waals surface area contributed by atoms with Crippen LogP contribution in [0.15, 0.2) is 12.5 Å². The van der Waals surface area contributed by atoms with E-state index in [9.17, 15) is 9.59 Å². The van der Waals surface area contributed by atoms with Crippen molar-refractivity contribution < 1.29 is 14.7 Å². The van der Waals surface area contributed by atoms with Gasteiger partial charge in [0.1, 0.15) is 0 Å². The molecule has 100 valence electrons. The molecule has 7 heteroatoms. The number of aromatic carboxylic acids is 1. The lowest BCUT2D eigenvalue weighted by Gasteiger charge is -2.10. The van der Waals surface area contributed by atoms with Crippen LogP contribution in [0.2, 0.25) is 0 Å². The Balaban J connectivity index is 2.32. The first kappa shape index (κ1) is 14.6. The summed E-state index contributed by atoms with van der Waals surface area (Å²) in [6.45, 7) is 2.86. The van der Waals surface area contributed by atoms with Crippen molar-refractivity contribution in [1.82, 2.24) is 14.9 Å². The average molecular weight is 271 g/mol. The second-order valence-corrected chi connectivity index (χ2v) is 4.86. The molecule has 0 saturated carbocycles. The minimum Gasteiger partial charge on any atom is -0.476 e. The molecule has 2 N–H and O–H groups in total. The number of thioether (sulfide) groups is 1. The van der Waals surface area contributed by atoms with E-state index in [0.29, 0.717) is 13.1 Å². The van der Waals surface area contributed by atoms with Gasteiger partial charge in [0.15, 0.2) is 5.69 Å². The van der Waals surface area contributed by atoms with E-state index < -0.39 is 5.97 Å². The summed E-state index contributed by atoms with van der Waals surface area (Å²) in [7, 11) is 0. The number of carboxylic acids is 1. The summed E-state index contributed by atoms with van der Waals surface area (Å²) >= 11 is 1.63. The largest absolute Gasteiger partial charge is 0.476 e. The summed E-state index contributed by atoms with van der Waals surface area (Å²) in [5, 5.41) is 11.5. The third-order valence-corrected chi connectivity index (χ3v) is 3.22. The number of hydrogen-bond donors (Lipinski definition) is 2. The van der Waals surface area contributed by atoms with Crippen LogP contribution in [0.4, 0.5) is 0 Å². The molecule has 18 heavy (non-hydrogen) atoms. The molecular weight excluding hydrogens is 254 g/mol. The van der Waals surface area contributed by atoms with Gasteiger partial charge in [-0.2, -0.15) is 11.8 Å². The number of amides is 1. The third kappa shape index (κ3) is 4.40. The van der Waals surface area contributed by atoms with E-state index in [2.05, 4.69) is 10.3 Å². The molecule has 6 nitrogen and oxygen atoms in total. The topological polar surface area (TPSA) is 84.2 Å². The standard InChI is InChI=1S/C11H17N3O3S/c1-8(6-18-2)10(15)12-3-4-14-5-9(11(16)17)13-7-14/h5,7-8H,3-4,6H2,1-2H3,(H,12,15)(H,16,17). The van der Waals surface area contributed by atoms with E-state index in [0.717, 1.165) is 5.75 Å². The number of carboxylic acid groups (broad SMARTS) is 1. The van der Waals surface area contributed by atoms with Gasteiger partial charge >= 0.3 is 5.97 Å². The quantitative estimate of drug-likeness (QED) is 0.762. The van der Waals surface area contributed by atoms with Crippen molar-refractivity contribution in [1.29, 1.82) is 0 Å². The van der Waals surface area contributed by atoms with Gasteiger partial charge in [0, 0.05) is 31.0 Å². The molecule has 0 aromatic carbocycles. The highest BCUT2D eigenvalue weighted by Crippen LogP contribution is 2.03. The van der Waals surface area contributed by atoms with Gasteiger partial charge in [-0.25, -0.2) is 9.78 Å². The Bertz CT molecular complexity index is 419. The SMILES string of the molecule is CSCC(C)C(=O)NCCn1cnc(C(=O)O)c1. The Kier molecular flexibility index (Phi) is 5.70. The Morgan fingerprint density at radius 3 is 2.89 bits per heavy atom. The van der Waals surface area contributed by atoms with E-state index in [4.69, 9.17) is 5.11 Å². The van der Waals surface area contributed by atoms with Crippen molar-refractivity contribution >= 4 is 23.6 Å². The first-order valence-electron chi connectivity index (χ1n) is 5.56. The van der Waals surface area contributed by atoms with E-state index in [1.54, 1.807) is 16.3 Å². The molecule has 1 atom stereocenters. The molecule has 1 aromatic rings. The van der Waals surface area contributed by atoms with E-state index in [-0.39, 0.29) is 17.5 Å². The lowest BCUT2D eigenvalue weighted by atomic mass is 10.2. The molecule has 0 fully saturated rings. The minimum absolute atomic E-state index is 0.0112. The van der Waals surface area contributed by atoms with Crippen LogP contribution in [-0.2, 0) is 11.3 Å². The zero-order valence-corrected chi connectivity index (χ0v) is 11.2. The van der Waals surface area contributed by atoms with Crippen LogP contribution in [0.1, 0.15) is 17.4 Å². The lowest BCUT2D eigenvalue weighted by molar-refractivity contribution is -0.123. The number of aromatic nitrogens is 2. The van der Waals surface area contributed by atoms with Crippen LogP contribution in [-0.4, -0.2) is 45.1 Å². The molecule has 0 radical (unpaired) electrons. The van der Waals surface area contributed by atoms with Gasteiger partial charge < -0.3 is 15.0 Å². The van der Waals surface area contributed by atoms with Crippen molar-refractivity contribution in [3.05, 3.63) is 18.2 Å². The highest BCUT2D eigenvalue weighted by Gasteiger charge is 2.11. The number of imidazole rings is 1. The maximum atomic E-state index is 11.6. The first-order chi connectivity index (χ1) is 8.54. The molecule has 1 heterocycles. The first-order valence-corrected chi connectivity index (χ1v) is 6.95. The molecule has 1 aromatic heterocycles. The summed E-state index contributed by atoms with van der Waals surface area (Å²) < 4.78 is 1.64. The number of nitrogens with one attached hydrogen (secondary N) is 1. The van der Waals surface area contributed by atoms with Gasteiger partial charge in [-0.3, -0.25) is 4.79 Å². The van der Waals surface area contributed by atoms with Crippen molar-refractivity contribution in [3.8, 4) is 0 Å². The molecular formula is C11H17N3O3S. The monoisotopic (exact) mass is 271 g/mol. The zero-order valence-electron chi connectivity index (χ0n) is 10.4. The average Bonchev–Trinajstić information content (AvgIpc) is 2.78. The van der Waals surface area contributed by atoms with Gasteiger partial charge in [-0.1, -0.05) is 6.92 Å². The van der Waals surface area contributed by atoms with Crippen molar-refractivity contribution in [2.75, 3.05) is 18.6 Å². The van der Waals surface area contributed by atoms with E-state index in [1.165, 1.54) is 12.5 Å². The van der Waals surface area contributed by atoms with Gasteiger partial charge in [0.2, 0.25) is 5.91 Å². The molecule has 0 bridgehead atoms. The number of nitrogens with zero attached hydrogens (tertiary/aromatic N) is 2. The van der Waals surface area contributed by atoms with Crippen LogP contribution >= 0.6 is 11.8 Å². The summed E-state index contributed by atoms with van der Waals surface area (Å²) in [4.78, 5) is 25.9. The van der Waals surface area contributed by atoms with Crippen LogP contribution in [0.3, 0.4) is 0 Å². The number of carbonyl (C=O) groups excluding carboxylic acids is 1. The van der Waals surface area contributed by atoms with Crippen molar-refractivity contribution in [3.63, 3.8) is 0 Å². The fraction of sp³-hybridized carbons (Fsp3) is 0.545. The summed E-state index contributed by atoms with van der Waals surface area (Å²) in [5.41, 5.74) is 0.0112. The second-order valence-electron chi connectivity index (χ2n) is 3.95. The van der Waals surface area contributed by atoms with Crippen LogP contribution in [0.25, 0.3) is 0 Å². The molecule has 0 aliphatic rings. The summed E-state index contributed by atoms with van der Waals surface area (Å²) in [6.07, 6.45) is 4.85. The molecule has 0 spiro atoms. The molecule has 1 amide bonds. The third-order valence-electron chi connectivity index (χ3n) is 2.39. The van der Waals surface area contributed by atoms with E-state index in [1.807, 2.05) is 13.2 Å². The molecule has 0 saturated heterocycles. The zero-order chi connectivity index (χ0) is 13.5. The number of rotatable bonds is 7. The maximum absolute atomic E-state index is 11.6. The van der Waals surface area contributed by atoms with Crippen LogP contribution in [0.5, 0.6) is 0 Å². The fourth-order valence-corrected chi connectivity index (χ4v) is 2.05. The second kappa shape index (κ2) is 7.05. The van der Waals surface area contributed by atoms with Gasteiger partial charge in [-0.05, 0) is 6.26 Å². The lowest BCUT2D eigenvalue weighted by Crippen LogP contribution is -2.32. The summed E-state index contributed by atoms with van der Waals surface area (Å²) in [6, 6.07) is 0. The normalized spacial score (nSPS) is 12.1. The van der Waals surface area contributed by atoms with Crippen LogP contribution < -0.4 is 5.32 Å². The molecule has 0 aliphatic heterocycles. The predicted octanol–water partition coefficient (Wildman–Crippen LogP) is 0.697. The predicted molar refractivity (Wildman–Crippen MR) is 69.7 cm³/mol. The molecule has 0 aliphatic carbocycles. The highest BCUT2D eigenvalue weighted by atomic mass is 32.2. The summed E-state index contributed by atoms with van der Waals surface area (Å²) in [5.74, 6) is -0.258. The van der Waals surface area contributed by atoms with Crippen molar-refractivity contribution in [2.45, 2.75) is 13.5 Å². The smallest absolute Gasteiger partial charge is 0.356 e. The van der Waals surface area contributed by atoms with Gasteiger partial charge in [0.05, 0.1) is 6.33 Å². The number of carbonyl (C=O) groups is 2.